The van der Waals surface area contributed by atoms with Crippen LogP contribution < -0.4 is 9.84 Å². The molecule has 5 nitrogen and oxygen atoms in total. The summed E-state index contributed by atoms with van der Waals surface area (Å²) in [4.78, 5) is 11.4. The van der Waals surface area contributed by atoms with E-state index < -0.39 is 7.52 Å². The zero-order valence-electron chi connectivity index (χ0n) is 8.92. The summed E-state index contributed by atoms with van der Waals surface area (Å²) in [6.45, 7) is 2.37. The molecule has 1 aliphatic heterocycles. The van der Waals surface area contributed by atoms with Crippen LogP contribution in [0.2, 0.25) is 0 Å². The monoisotopic (exact) mass is 240 g/mol. The molecule has 1 N–H and O–H groups in total. The van der Waals surface area contributed by atoms with Crippen molar-refractivity contribution in [1.82, 2.24) is 9.99 Å². The molecule has 6 heteroatoms. The first-order valence-corrected chi connectivity index (χ1v) is 7.00. The van der Waals surface area contributed by atoms with Gasteiger partial charge in [0.15, 0.2) is 0 Å². The van der Waals surface area contributed by atoms with Gasteiger partial charge in [0.1, 0.15) is 5.75 Å². The number of para-hydroxylation sites is 1. The van der Waals surface area contributed by atoms with E-state index in [-0.39, 0.29) is 6.03 Å². The number of urea groups is 1. The van der Waals surface area contributed by atoms with E-state index in [0.29, 0.717) is 18.8 Å². The zero-order chi connectivity index (χ0) is 11.6. The van der Waals surface area contributed by atoms with Crippen molar-refractivity contribution < 1.29 is 13.9 Å². The lowest BCUT2D eigenvalue weighted by molar-refractivity contribution is 0.233. The second-order valence-corrected chi connectivity index (χ2v) is 5.83. The fourth-order valence-corrected chi connectivity index (χ4v) is 3.01. The van der Waals surface area contributed by atoms with Crippen LogP contribution >= 0.6 is 7.52 Å². The molecular weight excluding hydrogens is 227 g/mol. The Labute approximate surface area is 93.9 Å². The van der Waals surface area contributed by atoms with Crippen molar-refractivity contribution in [3.63, 3.8) is 0 Å². The van der Waals surface area contributed by atoms with Gasteiger partial charge in [0.2, 0.25) is 0 Å². The lowest BCUT2D eigenvalue weighted by Gasteiger charge is -2.23. The molecule has 0 aliphatic carbocycles. The molecule has 0 saturated carbocycles. The van der Waals surface area contributed by atoms with Crippen LogP contribution in [0.1, 0.15) is 0 Å². The predicted molar refractivity (Wildman–Crippen MR) is 60.7 cm³/mol. The third-order valence-corrected chi connectivity index (χ3v) is 4.10. The Kier molecular flexibility index (Phi) is 2.88. The molecule has 1 saturated heterocycles. The Morgan fingerprint density at radius 3 is 2.62 bits per heavy atom. The molecule has 0 aromatic heterocycles. The Hall–Kier alpha value is -1.48. The first kappa shape index (κ1) is 11.0. The van der Waals surface area contributed by atoms with E-state index in [1.807, 2.05) is 6.07 Å². The van der Waals surface area contributed by atoms with E-state index in [1.165, 1.54) is 11.3 Å². The molecule has 0 bridgehead atoms. The standard InChI is InChI=1S/C10H13N2O3P/c1-16(14,12-8-7-11-10(12)13)15-9-5-3-2-4-6-9/h2-6H,7-8H2,1H3,(H,11,13). The van der Waals surface area contributed by atoms with Gasteiger partial charge in [-0.1, -0.05) is 18.2 Å². The van der Waals surface area contributed by atoms with E-state index >= 15 is 0 Å². The van der Waals surface area contributed by atoms with Crippen molar-refractivity contribution in [2.45, 2.75) is 0 Å². The van der Waals surface area contributed by atoms with Gasteiger partial charge in [0.25, 0.3) is 0 Å². The number of nitrogens with zero attached hydrogens (tertiary/aromatic N) is 1. The van der Waals surface area contributed by atoms with Crippen LogP contribution in [0.15, 0.2) is 30.3 Å². The minimum Gasteiger partial charge on any atom is -0.429 e. The number of benzene rings is 1. The van der Waals surface area contributed by atoms with E-state index in [0.717, 1.165) is 0 Å². The van der Waals surface area contributed by atoms with Gasteiger partial charge < -0.3 is 9.84 Å². The molecule has 0 spiro atoms. The van der Waals surface area contributed by atoms with Crippen molar-refractivity contribution >= 4 is 13.6 Å². The summed E-state index contributed by atoms with van der Waals surface area (Å²) in [5.74, 6) is 0.507. The average Bonchev–Trinajstić information content (AvgIpc) is 2.66. The number of rotatable bonds is 3. The fraction of sp³-hybridized carbons (Fsp3) is 0.300. The van der Waals surface area contributed by atoms with Crippen molar-refractivity contribution in [2.24, 2.45) is 0 Å². The maximum atomic E-state index is 12.2. The number of carbonyl (C=O) groups is 1. The van der Waals surface area contributed by atoms with E-state index in [1.54, 1.807) is 24.3 Å². The quantitative estimate of drug-likeness (QED) is 0.821. The largest absolute Gasteiger partial charge is 0.429 e. The summed E-state index contributed by atoms with van der Waals surface area (Å²) in [6, 6.07) is 8.52. The third kappa shape index (κ3) is 2.19. The Bertz CT molecular complexity index is 435. The zero-order valence-corrected chi connectivity index (χ0v) is 9.81. The maximum Gasteiger partial charge on any atom is 0.344 e. The number of nitrogens with one attached hydrogen (secondary N) is 1. The van der Waals surface area contributed by atoms with Gasteiger partial charge in [-0.15, -0.1) is 0 Å². The number of hydrogen-bond acceptors (Lipinski definition) is 3. The Morgan fingerprint density at radius 1 is 1.38 bits per heavy atom. The van der Waals surface area contributed by atoms with Crippen LogP contribution in [-0.2, 0) is 4.57 Å². The molecule has 0 radical (unpaired) electrons. The summed E-state index contributed by atoms with van der Waals surface area (Å²) in [5.41, 5.74) is 0. The second-order valence-electron chi connectivity index (χ2n) is 3.56. The highest BCUT2D eigenvalue weighted by Gasteiger charge is 2.35. The van der Waals surface area contributed by atoms with Crippen LogP contribution in [-0.4, -0.2) is 30.5 Å². The van der Waals surface area contributed by atoms with E-state index in [4.69, 9.17) is 4.52 Å². The highest BCUT2D eigenvalue weighted by atomic mass is 31.2. The lowest BCUT2D eigenvalue weighted by Crippen LogP contribution is -2.26. The SMILES string of the molecule is CP(=O)(Oc1ccccc1)N1CCNC1=O. The van der Waals surface area contributed by atoms with E-state index in [2.05, 4.69) is 5.32 Å². The molecule has 1 atom stereocenters. The fourth-order valence-electron chi connectivity index (χ4n) is 1.53. The highest BCUT2D eigenvalue weighted by molar-refractivity contribution is 7.56. The topological polar surface area (TPSA) is 58.6 Å². The van der Waals surface area contributed by atoms with Crippen LogP contribution in [0, 0.1) is 0 Å². The minimum atomic E-state index is -3.10. The average molecular weight is 240 g/mol. The van der Waals surface area contributed by atoms with Gasteiger partial charge >= 0.3 is 13.6 Å². The first-order valence-electron chi connectivity index (χ1n) is 4.97. The maximum absolute atomic E-state index is 12.2. The number of hydrogen-bond donors (Lipinski definition) is 1. The molecule has 2 rings (SSSR count). The van der Waals surface area contributed by atoms with Crippen LogP contribution in [0.4, 0.5) is 4.79 Å². The summed E-state index contributed by atoms with van der Waals surface area (Å²) in [5, 5.41) is 2.60. The van der Waals surface area contributed by atoms with Gasteiger partial charge in [0.05, 0.1) is 0 Å². The molecule has 1 unspecified atom stereocenters. The number of amides is 2. The second kappa shape index (κ2) is 4.18. The summed E-state index contributed by atoms with van der Waals surface area (Å²) >= 11 is 0. The van der Waals surface area contributed by atoms with Gasteiger partial charge in [0, 0.05) is 19.8 Å². The normalized spacial score (nSPS) is 19.1. The molecule has 1 aromatic rings. The first-order chi connectivity index (χ1) is 7.59. The van der Waals surface area contributed by atoms with E-state index in [9.17, 15) is 9.36 Å². The van der Waals surface area contributed by atoms with Gasteiger partial charge in [-0.2, -0.15) is 0 Å². The highest BCUT2D eigenvalue weighted by Crippen LogP contribution is 2.47. The molecule has 16 heavy (non-hydrogen) atoms. The smallest absolute Gasteiger partial charge is 0.344 e. The van der Waals surface area contributed by atoms with Crippen molar-refractivity contribution in [2.75, 3.05) is 19.8 Å². The van der Waals surface area contributed by atoms with Gasteiger partial charge in [-0.05, 0) is 12.1 Å². The van der Waals surface area contributed by atoms with Gasteiger partial charge in [-0.25, -0.2) is 9.46 Å². The lowest BCUT2D eigenvalue weighted by atomic mass is 10.3. The molecule has 1 aliphatic rings. The third-order valence-electron chi connectivity index (χ3n) is 2.29. The molecule has 1 heterocycles. The Morgan fingerprint density at radius 2 is 2.06 bits per heavy atom. The number of carbonyl (C=O) groups excluding carboxylic acids is 1. The summed E-state index contributed by atoms with van der Waals surface area (Å²) in [6.07, 6.45) is 0. The molecular formula is C10H13N2O3P. The molecule has 2 amide bonds. The van der Waals surface area contributed by atoms with Crippen molar-refractivity contribution in [3.8, 4) is 5.75 Å². The van der Waals surface area contributed by atoms with Crippen LogP contribution in [0.25, 0.3) is 0 Å². The molecule has 1 aromatic carbocycles. The Balaban J connectivity index is 2.14. The van der Waals surface area contributed by atoms with Crippen LogP contribution in [0.3, 0.4) is 0 Å². The van der Waals surface area contributed by atoms with Crippen molar-refractivity contribution in [1.29, 1.82) is 0 Å². The summed E-state index contributed by atoms with van der Waals surface area (Å²) in [7, 11) is -3.10. The molecule has 1 fully saturated rings. The van der Waals surface area contributed by atoms with Gasteiger partial charge in [-0.3, -0.25) is 4.57 Å². The predicted octanol–water partition coefficient (Wildman–Crippen LogP) is 1.91. The van der Waals surface area contributed by atoms with Crippen molar-refractivity contribution in [3.05, 3.63) is 30.3 Å². The van der Waals surface area contributed by atoms with Crippen LogP contribution in [0.5, 0.6) is 5.75 Å². The minimum absolute atomic E-state index is 0.332. The summed E-state index contributed by atoms with van der Waals surface area (Å²) < 4.78 is 18.9. The molecule has 86 valence electrons.